The van der Waals surface area contributed by atoms with Crippen molar-refractivity contribution in [1.82, 2.24) is 10.6 Å². The molecule has 0 radical (unpaired) electrons. The van der Waals surface area contributed by atoms with Gasteiger partial charge in [-0.3, -0.25) is 4.99 Å². The van der Waals surface area contributed by atoms with Crippen LogP contribution in [0.3, 0.4) is 0 Å². The van der Waals surface area contributed by atoms with Crippen LogP contribution in [0.5, 0.6) is 0 Å². The van der Waals surface area contributed by atoms with E-state index >= 15 is 0 Å². The number of unbranched alkanes of at least 4 members (excludes halogenated alkanes) is 1. The molecule has 4 nitrogen and oxygen atoms in total. The Bertz CT molecular complexity index is 294. The number of ether oxygens (including phenoxy) is 1. The third-order valence-corrected chi connectivity index (χ3v) is 5.02. The lowest BCUT2D eigenvalue weighted by Gasteiger charge is -2.24. The standard InChI is InChI=1S/C17H35N3OS/c1-4-21-16(15-9-5-6-10-15)11-13-20-17(18-2)19-12-7-8-14-22-3/h15-16H,4-14H2,1-3H3,(H2,18,19,20). The first-order chi connectivity index (χ1) is 10.8. The van der Waals surface area contributed by atoms with Gasteiger partial charge < -0.3 is 15.4 Å². The molecule has 1 fully saturated rings. The van der Waals surface area contributed by atoms with Gasteiger partial charge in [0, 0.05) is 26.7 Å². The summed E-state index contributed by atoms with van der Waals surface area (Å²) in [6.07, 6.45) is 11.5. The van der Waals surface area contributed by atoms with Crippen LogP contribution in [0.1, 0.15) is 51.9 Å². The van der Waals surface area contributed by atoms with Gasteiger partial charge in [0.1, 0.15) is 0 Å². The maximum absolute atomic E-state index is 5.96. The van der Waals surface area contributed by atoms with E-state index in [0.717, 1.165) is 38.0 Å². The van der Waals surface area contributed by atoms with Crippen molar-refractivity contribution < 1.29 is 4.74 Å². The van der Waals surface area contributed by atoms with Gasteiger partial charge in [0.15, 0.2) is 5.96 Å². The summed E-state index contributed by atoms with van der Waals surface area (Å²) >= 11 is 1.91. The second kappa shape index (κ2) is 13.1. The van der Waals surface area contributed by atoms with Gasteiger partial charge in [-0.15, -0.1) is 0 Å². The predicted octanol–water partition coefficient (Wildman–Crippen LogP) is 3.28. The fourth-order valence-corrected chi connectivity index (χ4v) is 3.62. The largest absolute Gasteiger partial charge is 0.378 e. The van der Waals surface area contributed by atoms with Crippen molar-refractivity contribution in [3.05, 3.63) is 0 Å². The van der Waals surface area contributed by atoms with Crippen LogP contribution in [-0.4, -0.2) is 50.8 Å². The maximum Gasteiger partial charge on any atom is 0.190 e. The quantitative estimate of drug-likeness (QED) is 0.347. The fourth-order valence-electron chi connectivity index (χ4n) is 3.13. The van der Waals surface area contributed by atoms with Crippen LogP contribution in [0.25, 0.3) is 0 Å². The van der Waals surface area contributed by atoms with Crippen molar-refractivity contribution in [2.75, 3.05) is 38.8 Å². The summed E-state index contributed by atoms with van der Waals surface area (Å²) in [6.45, 7) is 4.86. The average molecular weight is 330 g/mol. The molecule has 1 aliphatic carbocycles. The summed E-state index contributed by atoms with van der Waals surface area (Å²) in [5.74, 6) is 2.93. The van der Waals surface area contributed by atoms with E-state index in [-0.39, 0.29) is 0 Å². The minimum absolute atomic E-state index is 0.416. The lowest BCUT2D eigenvalue weighted by molar-refractivity contribution is 0.0169. The number of guanidine groups is 1. The first kappa shape index (κ1) is 19.6. The molecule has 0 saturated heterocycles. The highest BCUT2D eigenvalue weighted by Gasteiger charge is 2.24. The van der Waals surface area contributed by atoms with Crippen LogP contribution in [-0.2, 0) is 4.74 Å². The van der Waals surface area contributed by atoms with E-state index in [9.17, 15) is 0 Å². The molecule has 5 heteroatoms. The number of aliphatic imine (C=N–C) groups is 1. The molecule has 22 heavy (non-hydrogen) atoms. The lowest BCUT2D eigenvalue weighted by Crippen LogP contribution is -2.39. The van der Waals surface area contributed by atoms with E-state index in [2.05, 4.69) is 28.8 Å². The molecular weight excluding hydrogens is 294 g/mol. The molecule has 0 heterocycles. The van der Waals surface area contributed by atoms with Crippen molar-refractivity contribution in [2.45, 2.75) is 58.0 Å². The highest BCUT2D eigenvalue weighted by atomic mass is 32.2. The Balaban J connectivity index is 2.18. The molecule has 0 amide bonds. The van der Waals surface area contributed by atoms with E-state index in [1.807, 2.05) is 18.8 Å². The van der Waals surface area contributed by atoms with Gasteiger partial charge >= 0.3 is 0 Å². The Morgan fingerprint density at radius 3 is 2.59 bits per heavy atom. The summed E-state index contributed by atoms with van der Waals surface area (Å²) in [7, 11) is 1.84. The van der Waals surface area contributed by atoms with Crippen molar-refractivity contribution in [2.24, 2.45) is 10.9 Å². The molecule has 1 unspecified atom stereocenters. The van der Waals surface area contributed by atoms with Crippen molar-refractivity contribution in [3.63, 3.8) is 0 Å². The highest BCUT2D eigenvalue weighted by Crippen LogP contribution is 2.30. The highest BCUT2D eigenvalue weighted by molar-refractivity contribution is 7.98. The van der Waals surface area contributed by atoms with E-state index in [4.69, 9.17) is 4.74 Å². The molecule has 1 atom stereocenters. The minimum Gasteiger partial charge on any atom is -0.378 e. The lowest BCUT2D eigenvalue weighted by atomic mass is 9.98. The van der Waals surface area contributed by atoms with E-state index < -0.39 is 0 Å². The van der Waals surface area contributed by atoms with Gasteiger partial charge in [0.2, 0.25) is 0 Å². The van der Waals surface area contributed by atoms with Gasteiger partial charge in [-0.1, -0.05) is 12.8 Å². The van der Waals surface area contributed by atoms with Crippen LogP contribution in [0.15, 0.2) is 4.99 Å². The van der Waals surface area contributed by atoms with Crippen molar-refractivity contribution in [1.29, 1.82) is 0 Å². The van der Waals surface area contributed by atoms with Crippen LogP contribution < -0.4 is 10.6 Å². The van der Waals surface area contributed by atoms with Crippen LogP contribution in [0, 0.1) is 5.92 Å². The van der Waals surface area contributed by atoms with E-state index in [1.165, 1.54) is 44.3 Å². The minimum atomic E-state index is 0.416. The summed E-state index contributed by atoms with van der Waals surface area (Å²) < 4.78 is 5.96. The number of thioether (sulfide) groups is 1. The second-order valence-corrected chi connectivity index (χ2v) is 6.94. The van der Waals surface area contributed by atoms with Crippen LogP contribution >= 0.6 is 11.8 Å². The molecule has 1 saturated carbocycles. The Hall–Kier alpha value is -0.420. The van der Waals surface area contributed by atoms with Crippen molar-refractivity contribution in [3.8, 4) is 0 Å². The number of nitrogens with zero attached hydrogens (tertiary/aromatic N) is 1. The smallest absolute Gasteiger partial charge is 0.190 e. The molecule has 1 aliphatic rings. The Kier molecular flexibility index (Phi) is 11.6. The van der Waals surface area contributed by atoms with Gasteiger partial charge in [-0.25, -0.2) is 0 Å². The van der Waals surface area contributed by atoms with Crippen LogP contribution in [0.4, 0.5) is 0 Å². The fraction of sp³-hybridized carbons (Fsp3) is 0.941. The topological polar surface area (TPSA) is 45.6 Å². The Morgan fingerprint density at radius 2 is 1.95 bits per heavy atom. The number of hydrogen-bond donors (Lipinski definition) is 2. The molecule has 0 aromatic rings. The third-order valence-electron chi connectivity index (χ3n) is 4.32. The molecule has 1 rings (SSSR count). The zero-order chi connectivity index (χ0) is 16.0. The summed E-state index contributed by atoms with van der Waals surface area (Å²) in [4.78, 5) is 4.29. The molecule has 0 bridgehead atoms. The predicted molar refractivity (Wildman–Crippen MR) is 99.0 cm³/mol. The van der Waals surface area contributed by atoms with Gasteiger partial charge in [-0.05, 0) is 57.0 Å². The first-order valence-corrected chi connectivity index (χ1v) is 10.3. The molecule has 0 aromatic heterocycles. The Labute approximate surface area is 141 Å². The zero-order valence-corrected chi connectivity index (χ0v) is 15.5. The van der Waals surface area contributed by atoms with Gasteiger partial charge in [0.05, 0.1) is 6.10 Å². The molecule has 2 N–H and O–H groups in total. The maximum atomic E-state index is 5.96. The molecule has 0 spiro atoms. The second-order valence-electron chi connectivity index (χ2n) is 5.95. The van der Waals surface area contributed by atoms with Crippen molar-refractivity contribution >= 4 is 17.7 Å². The normalized spacial score (nSPS) is 17.7. The summed E-state index contributed by atoms with van der Waals surface area (Å²) in [6, 6.07) is 0. The zero-order valence-electron chi connectivity index (χ0n) is 14.7. The monoisotopic (exact) mass is 329 g/mol. The molecule has 0 aromatic carbocycles. The molecule has 130 valence electrons. The Morgan fingerprint density at radius 1 is 1.23 bits per heavy atom. The average Bonchev–Trinajstić information content (AvgIpc) is 3.06. The SMILES string of the molecule is CCOC(CCNC(=NC)NCCCCSC)C1CCCC1. The third kappa shape index (κ3) is 8.28. The molecular formula is C17H35N3OS. The van der Waals surface area contributed by atoms with Gasteiger partial charge in [-0.2, -0.15) is 11.8 Å². The summed E-state index contributed by atoms with van der Waals surface area (Å²) in [5, 5.41) is 6.82. The van der Waals surface area contributed by atoms with Crippen LogP contribution in [0.2, 0.25) is 0 Å². The van der Waals surface area contributed by atoms with E-state index in [1.54, 1.807) is 0 Å². The van der Waals surface area contributed by atoms with Gasteiger partial charge in [0.25, 0.3) is 0 Å². The number of nitrogens with one attached hydrogen (secondary N) is 2. The first-order valence-electron chi connectivity index (χ1n) is 8.86. The number of rotatable bonds is 11. The summed E-state index contributed by atoms with van der Waals surface area (Å²) in [5.41, 5.74) is 0. The van der Waals surface area contributed by atoms with E-state index in [0.29, 0.717) is 6.10 Å². The number of hydrogen-bond acceptors (Lipinski definition) is 3. The molecule has 0 aliphatic heterocycles.